The maximum Gasteiger partial charge on any atom is 0.422 e. The van der Waals surface area contributed by atoms with Gasteiger partial charge in [-0.1, -0.05) is 29.8 Å². The Bertz CT molecular complexity index is 1320. The summed E-state index contributed by atoms with van der Waals surface area (Å²) in [6.07, 6.45) is -0.749. The standard InChI is InChI=1S/C24H18ClF3N2O3/c25-18-11-20(23(31)32)21(29-12-18)10-15-4-5-22-17(8-15)6-7-30(22)13-16-2-1-3-19(9-16)33-14-24(26,27)28/h1-9,11-12H,10,13-14H2,(H,31,32). The molecule has 4 rings (SSSR count). The maximum absolute atomic E-state index is 12.4. The SMILES string of the molecule is O=C(O)c1cc(Cl)cnc1Cc1ccc2c(ccn2Cc2cccc(OCC(F)(F)F)c2)c1. The van der Waals surface area contributed by atoms with Crippen LogP contribution in [0.25, 0.3) is 10.9 Å². The molecular weight excluding hydrogens is 457 g/mol. The van der Waals surface area contributed by atoms with Crippen molar-refractivity contribution >= 4 is 28.5 Å². The molecule has 170 valence electrons. The van der Waals surface area contributed by atoms with Crippen LogP contribution in [0.1, 0.15) is 27.2 Å². The van der Waals surface area contributed by atoms with Crippen LogP contribution in [0, 0.1) is 0 Å². The highest BCUT2D eigenvalue weighted by molar-refractivity contribution is 6.30. The summed E-state index contributed by atoms with van der Waals surface area (Å²) in [5.41, 5.74) is 3.10. The maximum atomic E-state index is 12.4. The molecule has 2 aromatic heterocycles. The van der Waals surface area contributed by atoms with E-state index >= 15 is 0 Å². The number of benzene rings is 2. The number of hydrogen-bond acceptors (Lipinski definition) is 3. The lowest BCUT2D eigenvalue weighted by molar-refractivity contribution is -0.153. The molecule has 4 aromatic rings. The van der Waals surface area contributed by atoms with Gasteiger partial charge in [0.25, 0.3) is 0 Å². The minimum atomic E-state index is -4.39. The topological polar surface area (TPSA) is 64.3 Å². The number of alkyl halides is 3. The third kappa shape index (κ3) is 5.64. The highest BCUT2D eigenvalue weighted by atomic mass is 35.5. The van der Waals surface area contributed by atoms with Crippen LogP contribution in [0.5, 0.6) is 5.75 Å². The van der Waals surface area contributed by atoms with Crippen LogP contribution in [0.3, 0.4) is 0 Å². The fraction of sp³-hybridized carbons (Fsp3) is 0.167. The monoisotopic (exact) mass is 474 g/mol. The van der Waals surface area contributed by atoms with Gasteiger partial charge in [0.15, 0.2) is 6.61 Å². The molecule has 0 fully saturated rings. The van der Waals surface area contributed by atoms with Crippen molar-refractivity contribution in [2.75, 3.05) is 6.61 Å². The Labute approximate surface area is 192 Å². The molecule has 2 heterocycles. The van der Waals surface area contributed by atoms with Crippen molar-refractivity contribution in [3.8, 4) is 5.75 Å². The number of halogens is 4. The lowest BCUT2D eigenvalue weighted by Gasteiger charge is -2.11. The summed E-state index contributed by atoms with van der Waals surface area (Å²) >= 11 is 5.87. The molecule has 0 saturated heterocycles. The van der Waals surface area contributed by atoms with Gasteiger partial charge in [0.05, 0.1) is 16.3 Å². The number of fused-ring (bicyclic) bond motifs is 1. The molecule has 0 aliphatic carbocycles. The van der Waals surface area contributed by atoms with Crippen LogP contribution in [0.2, 0.25) is 5.02 Å². The predicted molar refractivity (Wildman–Crippen MR) is 118 cm³/mol. The van der Waals surface area contributed by atoms with E-state index in [0.29, 0.717) is 18.7 Å². The summed E-state index contributed by atoms with van der Waals surface area (Å²) in [6, 6.07) is 15.6. The van der Waals surface area contributed by atoms with Crippen molar-refractivity contribution in [2.24, 2.45) is 0 Å². The molecule has 0 amide bonds. The summed E-state index contributed by atoms with van der Waals surface area (Å²) in [4.78, 5) is 15.7. The molecule has 5 nitrogen and oxygen atoms in total. The van der Waals surface area contributed by atoms with E-state index in [1.54, 1.807) is 12.1 Å². The number of hydrogen-bond donors (Lipinski definition) is 1. The number of carboxylic acids is 1. The number of pyridine rings is 1. The molecule has 0 radical (unpaired) electrons. The minimum absolute atomic E-state index is 0.0628. The van der Waals surface area contributed by atoms with Gasteiger partial charge in [0, 0.05) is 30.9 Å². The Morgan fingerprint density at radius 2 is 1.91 bits per heavy atom. The largest absolute Gasteiger partial charge is 0.484 e. The smallest absolute Gasteiger partial charge is 0.422 e. The first-order valence-corrected chi connectivity index (χ1v) is 10.3. The number of aromatic carboxylic acids is 1. The fourth-order valence-corrected chi connectivity index (χ4v) is 3.74. The highest BCUT2D eigenvalue weighted by Crippen LogP contribution is 2.24. The molecule has 0 aliphatic rings. The highest BCUT2D eigenvalue weighted by Gasteiger charge is 2.28. The number of aromatic nitrogens is 2. The van der Waals surface area contributed by atoms with Gasteiger partial charge in [-0.15, -0.1) is 0 Å². The average Bonchev–Trinajstić information content (AvgIpc) is 3.15. The molecule has 0 spiro atoms. The number of ether oxygens (including phenoxy) is 1. The molecule has 0 saturated carbocycles. The average molecular weight is 475 g/mol. The summed E-state index contributed by atoms with van der Waals surface area (Å²) in [6.45, 7) is -0.883. The van der Waals surface area contributed by atoms with E-state index in [0.717, 1.165) is 22.0 Å². The van der Waals surface area contributed by atoms with Crippen molar-refractivity contribution < 1.29 is 27.8 Å². The summed E-state index contributed by atoms with van der Waals surface area (Å²) in [7, 11) is 0. The van der Waals surface area contributed by atoms with E-state index in [2.05, 4.69) is 4.98 Å². The normalized spacial score (nSPS) is 11.6. The van der Waals surface area contributed by atoms with Crippen molar-refractivity contribution in [1.29, 1.82) is 0 Å². The second kappa shape index (κ2) is 9.15. The van der Waals surface area contributed by atoms with Crippen molar-refractivity contribution in [3.63, 3.8) is 0 Å². The van der Waals surface area contributed by atoms with Gasteiger partial charge in [-0.25, -0.2) is 4.79 Å². The first-order valence-electron chi connectivity index (χ1n) is 9.92. The predicted octanol–water partition coefficient (Wildman–Crippen LogP) is 5.97. The van der Waals surface area contributed by atoms with Gasteiger partial charge in [-0.2, -0.15) is 13.2 Å². The van der Waals surface area contributed by atoms with Crippen LogP contribution >= 0.6 is 11.6 Å². The van der Waals surface area contributed by atoms with Crippen LogP contribution < -0.4 is 4.74 Å². The van der Waals surface area contributed by atoms with E-state index in [-0.39, 0.29) is 16.3 Å². The Kier molecular flexibility index (Phi) is 6.29. The van der Waals surface area contributed by atoms with E-state index in [1.807, 2.05) is 41.1 Å². The van der Waals surface area contributed by atoms with E-state index in [4.69, 9.17) is 16.3 Å². The van der Waals surface area contributed by atoms with Gasteiger partial charge in [0.1, 0.15) is 5.75 Å². The molecule has 33 heavy (non-hydrogen) atoms. The number of nitrogens with zero attached hydrogens (tertiary/aromatic N) is 2. The van der Waals surface area contributed by atoms with Gasteiger partial charge < -0.3 is 14.4 Å². The van der Waals surface area contributed by atoms with Gasteiger partial charge in [-0.05, 0) is 52.9 Å². The van der Waals surface area contributed by atoms with Crippen LogP contribution in [-0.4, -0.2) is 33.4 Å². The van der Waals surface area contributed by atoms with Gasteiger partial charge in [0.2, 0.25) is 0 Å². The second-order valence-electron chi connectivity index (χ2n) is 7.52. The van der Waals surface area contributed by atoms with E-state index < -0.39 is 18.8 Å². The van der Waals surface area contributed by atoms with E-state index in [9.17, 15) is 23.1 Å². The number of carboxylic acid groups (broad SMARTS) is 1. The van der Waals surface area contributed by atoms with Gasteiger partial charge in [-0.3, -0.25) is 4.98 Å². The summed E-state index contributed by atoms with van der Waals surface area (Å²) < 4.78 is 44.0. The molecule has 0 aliphatic heterocycles. The van der Waals surface area contributed by atoms with Crippen LogP contribution in [-0.2, 0) is 13.0 Å². The first kappa shape index (κ1) is 22.7. The van der Waals surface area contributed by atoms with Crippen molar-refractivity contribution in [1.82, 2.24) is 9.55 Å². The Balaban J connectivity index is 1.53. The zero-order valence-corrected chi connectivity index (χ0v) is 17.9. The third-order valence-corrected chi connectivity index (χ3v) is 5.23. The molecule has 0 unspecified atom stereocenters. The van der Waals surface area contributed by atoms with Gasteiger partial charge >= 0.3 is 12.1 Å². The fourth-order valence-electron chi connectivity index (χ4n) is 3.58. The Hall–Kier alpha value is -3.52. The van der Waals surface area contributed by atoms with Crippen LogP contribution in [0.15, 0.2) is 67.0 Å². The van der Waals surface area contributed by atoms with Crippen molar-refractivity contribution in [3.05, 3.63) is 94.4 Å². The number of rotatable bonds is 7. The summed E-state index contributed by atoms with van der Waals surface area (Å²) in [5, 5.41) is 10.6. The molecule has 2 aromatic carbocycles. The zero-order valence-electron chi connectivity index (χ0n) is 17.1. The molecule has 9 heteroatoms. The second-order valence-corrected chi connectivity index (χ2v) is 7.95. The van der Waals surface area contributed by atoms with E-state index in [1.165, 1.54) is 18.3 Å². The molecule has 1 N–H and O–H groups in total. The lowest BCUT2D eigenvalue weighted by atomic mass is 10.0. The van der Waals surface area contributed by atoms with Crippen molar-refractivity contribution in [2.45, 2.75) is 19.1 Å². The quantitative estimate of drug-likeness (QED) is 0.358. The Morgan fingerprint density at radius 1 is 1.09 bits per heavy atom. The van der Waals surface area contributed by atoms with Crippen LogP contribution in [0.4, 0.5) is 13.2 Å². The first-order chi connectivity index (χ1) is 15.7. The number of carbonyl (C=O) groups is 1. The summed E-state index contributed by atoms with van der Waals surface area (Å²) in [5.74, 6) is -0.929. The minimum Gasteiger partial charge on any atom is -0.484 e. The zero-order chi connectivity index (χ0) is 23.6. The third-order valence-electron chi connectivity index (χ3n) is 5.03. The molecule has 0 bridgehead atoms. The molecular formula is C24H18ClF3N2O3. The molecule has 0 atom stereocenters. The Morgan fingerprint density at radius 3 is 2.67 bits per heavy atom. The lowest BCUT2D eigenvalue weighted by Crippen LogP contribution is -2.19.